The van der Waals surface area contributed by atoms with Crippen LogP contribution in [0.2, 0.25) is 0 Å². The van der Waals surface area contributed by atoms with Crippen LogP contribution < -0.4 is 5.32 Å². The van der Waals surface area contributed by atoms with Gasteiger partial charge in [-0.3, -0.25) is 0 Å². The molecular formula is C15H22FN. The first-order valence-electron chi connectivity index (χ1n) is 6.65. The summed E-state index contributed by atoms with van der Waals surface area (Å²) < 4.78 is 13.1. The summed E-state index contributed by atoms with van der Waals surface area (Å²) >= 11 is 0. The van der Waals surface area contributed by atoms with Gasteiger partial charge < -0.3 is 5.32 Å². The lowest BCUT2D eigenvalue weighted by atomic mass is 9.80. The van der Waals surface area contributed by atoms with Crippen molar-refractivity contribution in [1.82, 2.24) is 5.32 Å². The zero-order chi connectivity index (χ0) is 12.3. The van der Waals surface area contributed by atoms with Crippen molar-refractivity contribution in [3.63, 3.8) is 0 Å². The number of benzene rings is 1. The molecule has 1 aromatic carbocycles. The van der Waals surface area contributed by atoms with E-state index in [9.17, 15) is 4.39 Å². The molecule has 1 nitrogen and oxygen atoms in total. The quantitative estimate of drug-likeness (QED) is 0.835. The first-order chi connectivity index (χ1) is 8.22. The fourth-order valence-corrected chi connectivity index (χ4v) is 3.10. The van der Waals surface area contributed by atoms with E-state index < -0.39 is 0 Å². The second-order valence-corrected chi connectivity index (χ2v) is 5.17. The van der Waals surface area contributed by atoms with E-state index >= 15 is 0 Å². The topological polar surface area (TPSA) is 12.0 Å². The monoisotopic (exact) mass is 235 g/mol. The van der Waals surface area contributed by atoms with Gasteiger partial charge in [0.05, 0.1) is 0 Å². The Balaban J connectivity index is 2.21. The van der Waals surface area contributed by atoms with Crippen molar-refractivity contribution in [3.8, 4) is 0 Å². The Hall–Kier alpha value is -0.890. The number of rotatable bonds is 3. The van der Waals surface area contributed by atoms with Crippen LogP contribution in [-0.4, -0.2) is 7.05 Å². The van der Waals surface area contributed by atoms with Gasteiger partial charge in [-0.1, -0.05) is 25.3 Å². The molecule has 94 valence electrons. The van der Waals surface area contributed by atoms with E-state index in [-0.39, 0.29) is 5.82 Å². The van der Waals surface area contributed by atoms with Crippen LogP contribution in [0.3, 0.4) is 0 Å². The molecule has 1 N–H and O–H groups in total. The van der Waals surface area contributed by atoms with Gasteiger partial charge in [0.15, 0.2) is 0 Å². The minimum atomic E-state index is -0.134. The number of hydrogen-bond acceptors (Lipinski definition) is 1. The van der Waals surface area contributed by atoms with E-state index in [4.69, 9.17) is 0 Å². The van der Waals surface area contributed by atoms with Crippen molar-refractivity contribution < 1.29 is 4.39 Å². The minimum Gasteiger partial charge on any atom is -0.313 e. The molecule has 0 saturated heterocycles. The molecule has 0 amide bonds. The van der Waals surface area contributed by atoms with Gasteiger partial charge in [-0.2, -0.15) is 0 Å². The molecule has 17 heavy (non-hydrogen) atoms. The van der Waals surface area contributed by atoms with Crippen LogP contribution in [0.4, 0.5) is 4.39 Å². The van der Waals surface area contributed by atoms with Crippen LogP contribution in [0.15, 0.2) is 18.2 Å². The molecule has 0 aromatic heterocycles. The molecule has 1 atom stereocenters. The van der Waals surface area contributed by atoms with Crippen molar-refractivity contribution in [2.24, 2.45) is 5.92 Å². The minimum absolute atomic E-state index is 0.134. The molecule has 1 unspecified atom stereocenters. The van der Waals surface area contributed by atoms with E-state index in [1.54, 1.807) is 12.1 Å². The molecule has 1 aliphatic carbocycles. The molecule has 2 rings (SSSR count). The summed E-state index contributed by atoms with van der Waals surface area (Å²) in [5.41, 5.74) is 2.33. The molecule has 0 heterocycles. The molecular weight excluding hydrogens is 213 g/mol. The average molecular weight is 235 g/mol. The lowest BCUT2D eigenvalue weighted by molar-refractivity contribution is 0.281. The van der Waals surface area contributed by atoms with Crippen LogP contribution in [-0.2, 0) is 0 Å². The molecule has 2 heteroatoms. The summed E-state index contributed by atoms with van der Waals surface area (Å²) in [7, 11) is 2.02. The highest BCUT2D eigenvalue weighted by molar-refractivity contribution is 5.30. The van der Waals surface area contributed by atoms with Crippen molar-refractivity contribution in [1.29, 1.82) is 0 Å². The second-order valence-electron chi connectivity index (χ2n) is 5.17. The van der Waals surface area contributed by atoms with Crippen LogP contribution in [0.25, 0.3) is 0 Å². The van der Waals surface area contributed by atoms with Gasteiger partial charge in [-0.25, -0.2) is 4.39 Å². The molecule has 1 aromatic rings. The summed E-state index contributed by atoms with van der Waals surface area (Å²) in [5.74, 6) is 0.572. The Kier molecular flexibility index (Phi) is 4.16. The summed E-state index contributed by atoms with van der Waals surface area (Å²) in [6.07, 6.45) is 6.63. The average Bonchev–Trinajstić information content (AvgIpc) is 2.34. The van der Waals surface area contributed by atoms with Crippen LogP contribution in [0.1, 0.15) is 49.3 Å². The highest BCUT2D eigenvalue weighted by Gasteiger charge is 2.24. The first-order valence-corrected chi connectivity index (χ1v) is 6.65. The SMILES string of the molecule is CNC(c1ccc(F)cc1C)C1CCCCC1. The Bertz CT molecular complexity index is 369. The third kappa shape index (κ3) is 2.86. The molecule has 1 fully saturated rings. The normalized spacial score (nSPS) is 19.2. The Labute approximate surface area is 103 Å². The van der Waals surface area contributed by atoms with Crippen molar-refractivity contribution in [3.05, 3.63) is 35.1 Å². The fourth-order valence-electron chi connectivity index (χ4n) is 3.10. The number of nitrogens with one attached hydrogen (secondary N) is 1. The first kappa shape index (κ1) is 12.6. The van der Waals surface area contributed by atoms with Crippen molar-refractivity contribution >= 4 is 0 Å². The Morgan fingerprint density at radius 1 is 1.24 bits per heavy atom. The van der Waals surface area contributed by atoms with Crippen LogP contribution in [0.5, 0.6) is 0 Å². The lowest BCUT2D eigenvalue weighted by Crippen LogP contribution is -2.27. The Morgan fingerprint density at radius 3 is 2.53 bits per heavy atom. The van der Waals surface area contributed by atoms with Crippen molar-refractivity contribution in [2.75, 3.05) is 7.05 Å². The van der Waals surface area contributed by atoms with Crippen LogP contribution in [0, 0.1) is 18.7 Å². The van der Waals surface area contributed by atoms with Gasteiger partial charge in [0, 0.05) is 6.04 Å². The van der Waals surface area contributed by atoms with Gasteiger partial charge in [0.2, 0.25) is 0 Å². The molecule has 1 saturated carbocycles. The lowest BCUT2D eigenvalue weighted by Gasteiger charge is -2.31. The molecule has 1 aliphatic rings. The highest BCUT2D eigenvalue weighted by Crippen LogP contribution is 2.35. The van der Waals surface area contributed by atoms with Gasteiger partial charge in [0.1, 0.15) is 5.82 Å². The summed E-state index contributed by atoms with van der Waals surface area (Å²) in [6.45, 7) is 2.01. The largest absolute Gasteiger partial charge is 0.313 e. The van der Waals surface area contributed by atoms with Crippen LogP contribution >= 0.6 is 0 Å². The van der Waals surface area contributed by atoms with Crippen molar-refractivity contribution in [2.45, 2.75) is 45.1 Å². The van der Waals surface area contributed by atoms with E-state index in [2.05, 4.69) is 5.32 Å². The summed E-state index contributed by atoms with van der Waals surface area (Å²) in [6, 6.07) is 5.55. The highest BCUT2D eigenvalue weighted by atomic mass is 19.1. The maximum atomic E-state index is 13.1. The van der Waals surface area contributed by atoms with E-state index in [1.807, 2.05) is 20.0 Å². The molecule has 0 bridgehead atoms. The second kappa shape index (κ2) is 5.63. The third-order valence-electron chi connectivity index (χ3n) is 4.00. The van der Waals surface area contributed by atoms with Gasteiger partial charge in [-0.05, 0) is 56.0 Å². The van der Waals surface area contributed by atoms with Gasteiger partial charge in [-0.15, -0.1) is 0 Å². The van der Waals surface area contributed by atoms with E-state index in [0.717, 1.165) is 5.56 Å². The zero-order valence-electron chi connectivity index (χ0n) is 10.8. The molecule has 0 aliphatic heterocycles. The summed E-state index contributed by atoms with van der Waals surface area (Å²) in [5, 5.41) is 3.43. The smallest absolute Gasteiger partial charge is 0.123 e. The van der Waals surface area contributed by atoms with Gasteiger partial charge >= 0.3 is 0 Å². The van der Waals surface area contributed by atoms with Gasteiger partial charge in [0.25, 0.3) is 0 Å². The predicted molar refractivity (Wildman–Crippen MR) is 69.5 cm³/mol. The number of hydrogen-bond donors (Lipinski definition) is 1. The summed E-state index contributed by atoms with van der Waals surface area (Å²) in [4.78, 5) is 0. The zero-order valence-corrected chi connectivity index (χ0v) is 10.8. The maximum Gasteiger partial charge on any atom is 0.123 e. The molecule has 0 spiro atoms. The van der Waals surface area contributed by atoms with E-state index in [1.165, 1.54) is 37.7 Å². The molecule has 0 radical (unpaired) electrons. The fraction of sp³-hybridized carbons (Fsp3) is 0.600. The van der Waals surface area contributed by atoms with E-state index in [0.29, 0.717) is 12.0 Å². The third-order valence-corrected chi connectivity index (χ3v) is 4.00. The Morgan fingerprint density at radius 2 is 1.94 bits per heavy atom. The predicted octanol–water partition coefficient (Wildman–Crippen LogP) is 3.97. The maximum absolute atomic E-state index is 13.1. The number of aryl methyl sites for hydroxylation is 1. The number of halogens is 1. The standard InChI is InChI=1S/C15H22FN/c1-11-10-13(16)8-9-14(11)15(17-2)12-6-4-3-5-7-12/h8-10,12,15,17H,3-7H2,1-2H3.